The molecule has 7 aromatic rings. The highest BCUT2D eigenvalue weighted by Crippen LogP contribution is 2.45. The van der Waals surface area contributed by atoms with E-state index in [1.807, 2.05) is 0 Å². The van der Waals surface area contributed by atoms with Crippen LogP contribution in [0.3, 0.4) is 0 Å². The zero-order valence-electron chi connectivity index (χ0n) is 39.7. The summed E-state index contributed by atoms with van der Waals surface area (Å²) in [5.74, 6) is 1.43. The summed E-state index contributed by atoms with van der Waals surface area (Å²) in [7, 11) is 0.948. The van der Waals surface area contributed by atoms with Crippen LogP contribution < -0.4 is 19.1 Å². The van der Waals surface area contributed by atoms with E-state index < -0.39 is 52.3 Å². The predicted molar refractivity (Wildman–Crippen MR) is 264 cm³/mol. The van der Waals surface area contributed by atoms with Gasteiger partial charge in [0.05, 0.1) is 43.7 Å². The molecule has 0 aliphatic heterocycles. The fourth-order valence-corrected chi connectivity index (χ4v) is 11.8. The summed E-state index contributed by atoms with van der Waals surface area (Å²) in [6.45, 7) is 9.66. The van der Waals surface area contributed by atoms with E-state index in [4.69, 9.17) is 39.4 Å². The van der Waals surface area contributed by atoms with Crippen LogP contribution in [0, 0.1) is 0 Å². The van der Waals surface area contributed by atoms with Crippen molar-refractivity contribution in [3.8, 4) is 39.8 Å². The smallest absolute Gasteiger partial charge is 0.497 e. The number of amides is 1. The van der Waals surface area contributed by atoms with Gasteiger partial charge in [-0.2, -0.15) is 9.10 Å². The van der Waals surface area contributed by atoms with E-state index in [0.29, 0.717) is 38.6 Å². The van der Waals surface area contributed by atoms with E-state index in [2.05, 4.69) is 15.4 Å². The highest BCUT2D eigenvalue weighted by molar-refractivity contribution is 8.14. The summed E-state index contributed by atoms with van der Waals surface area (Å²) in [6, 6.07) is 28.2. The maximum Gasteiger partial charge on any atom is 0.517 e. The molecule has 0 atom stereocenters. The monoisotopic (exact) mass is 1030 g/mol. The topological polar surface area (TPSA) is 212 Å². The van der Waals surface area contributed by atoms with Crippen LogP contribution in [-0.2, 0) is 48.2 Å². The molecule has 2 heterocycles. The second-order valence-electron chi connectivity index (χ2n) is 17.7. The van der Waals surface area contributed by atoms with Gasteiger partial charge in [0.1, 0.15) is 32.6 Å². The molecule has 5 aromatic carbocycles. The normalized spacial score (nSPS) is 12.2. The van der Waals surface area contributed by atoms with Gasteiger partial charge in [-0.1, -0.05) is 65.9 Å². The number of fused-ring (bicyclic) bond motifs is 1. The SMILES string of the molecule is COc1ccc(CN(Cc2ccc(OC)cc2)S(=O)(=O)c2c(S(=O)(=O)Cl)ccc(-c3cccc4sc(N(C(=O)OC(=O)OC(C)(C)C)C(C)(C)C)nc34)c2-c2nnn(Cc3ccc(OC)cc3)n2)cc1. The molecule has 368 valence electrons. The van der Waals surface area contributed by atoms with E-state index in [0.717, 1.165) is 27.3 Å². The van der Waals surface area contributed by atoms with Crippen LogP contribution in [0.2, 0.25) is 0 Å². The Morgan fingerprint density at radius 1 is 0.714 bits per heavy atom. The van der Waals surface area contributed by atoms with Gasteiger partial charge in [0.15, 0.2) is 5.13 Å². The third-order valence-corrected chi connectivity index (χ3v) is 14.9. The van der Waals surface area contributed by atoms with Crippen LogP contribution >= 0.6 is 22.0 Å². The van der Waals surface area contributed by atoms with Crippen molar-refractivity contribution in [1.82, 2.24) is 29.5 Å². The maximum absolute atomic E-state index is 15.9. The number of thiazole rings is 1. The minimum Gasteiger partial charge on any atom is -0.497 e. The van der Waals surface area contributed by atoms with Crippen molar-refractivity contribution in [3.63, 3.8) is 0 Å². The molecule has 0 saturated carbocycles. The van der Waals surface area contributed by atoms with Gasteiger partial charge in [-0.25, -0.2) is 36.3 Å². The number of benzene rings is 5. The van der Waals surface area contributed by atoms with E-state index >= 15 is 8.42 Å². The number of nitrogens with zero attached hydrogens (tertiary/aromatic N) is 7. The molecular weight excluding hydrogens is 982 g/mol. The lowest BCUT2D eigenvalue weighted by molar-refractivity contribution is 0.00956. The summed E-state index contributed by atoms with van der Waals surface area (Å²) in [5.41, 5.74) is 0.320. The molecule has 0 aliphatic carbocycles. The minimum atomic E-state index is -4.98. The molecule has 0 fully saturated rings. The number of aromatic nitrogens is 5. The first-order valence-electron chi connectivity index (χ1n) is 21.4. The first-order chi connectivity index (χ1) is 33.0. The lowest BCUT2D eigenvalue weighted by Gasteiger charge is -2.32. The Balaban J connectivity index is 1.48. The van der Waals surface area contributed by atoms with Gasteiger partial charge in [0.2, 0.25) is 15.8 Å². The summed E-state index contributed by atoms with van der Waals surface area (Å²) in [6.07, 6.45) is -2.26. The third-order valence-electron chi connectivity index (χ3n) is 10.5. The number of sulfonamides is 1. The molecule has 0 N–H and O–H groups in total. The number of ether oxygens (including phenoxy) is 5. The van der Waals surface area contributed by atoms with E-state index in [1.54, 1.807) is 140 Å². The average molecular weight is 1030 g/mol. The molecule has 1 amide bonds. The fraction of sp³-hybridized carbons (Fsp3) is 0.292. The Morgan fingerprint density at radius 3 is 1.76 bits per heavy atom. The zero-order valence-corrected chi connectivity index (χ0v) is 42.9. The molecule has 0 bridgehead atoms. The lowest BCUT2D eigenvalue weighted by Crippen LogP contribution is -2.47. The highest BCUT2D eigenvalue weighted by Gasteiger charge is 2.39. The van der Waals surface area contributed by atoms with Gasteiger partial charge in [-0.05, 0) is 118 Å². The van der Waals surface area contributed by atoms with Gasteiger partial charge < -0.3 is 23.7 Å². The number of para-hydroxylation sites is 1. The van der Waals surface area contributed by atoms with Crippen molar-refractivity contribution in [3.05, 3.63) is 120 Å². The lowest BCUT2D eigenvalue weighted by atomic mass is 9.98. The minimum absolute atomic E-state index is 0.0794. The first kappa shape index (κ1) is 51.2. The summed E-state index contributed by atoms with van der Waals surface area (Å²) >= 11 is 1.09. The molecule has 0 aliphatic rings. The van der Waals surface area contributed by atoms with Crippen LogP contribution in [0.1, 0.15) is 58.2 Å². The number of carbonyl (C=O) groups is 2. The number of carbonyl (C=O) groups excluding carboxylic acids is 2. The van der Waals surface area contributed by atoms with Crippen molar-refractivity contribution in [2.24, 2.45) is 0 Å². The molecule has 0 unspecified atom stereocenters. The van der Waals surface area contributed by atoms with Gasteiger partial charge >= 0.3 is 12.2 Å². The number of anilines is 1. The van der Waals surface area contributed by atoms with Crippen molar-refractivity contribution >= 4 is 68.7 Å². The largest absolute Gasteiger partial charge is 0.517 e. The number of hydrogen-bond donors (Lipinski definition) is 0. The van der Waals surface area contributed by atoms with Gasteiger partial charge in [-0.15, -0.1) is 10.2 Å². The molecular formula is C48H50ClN7O11S3. The van der Waals surface area contributed by atoms with Crippen LogP contribution in [0.25, 0.3) is 32.7 Å². The van der Waals surface area contributed by atoms with Gasteiger partial charge in [0.25, 0.3) is 9.05 Å². The van der Waals surface area contributed by atoms with Gasteiger partial charge in [0, 0.05) is 34.9 Å². The molecule has 7 rings (SSSR count). The third kappa shape index (κ3) is 11.7. The molecule has 22 heteroatoms. The summed E-state index contributed by atoms with van der Waals surface area (Å²) < 4.78 is 87.4. The van der Waals surface area contributed by atoms with Crippen molar-refractivity contribution in [1.29, 1.82) is 0 Å². The Bertz CT molecular complexity index is 3210. The van der Waals surface area contributed by atoms with E-state index in [9.17, 15) is 18.0 Å². The Morgan fingerprint density at radius 2 is 1.26 bits per heavy atom. The van der Waals surface area contributed by atoms with Crippen molar-refractivity contribution in [2.45, 2.75) is 82.1 Å². The molecule has 18 nitrogen and oxygen atoms in total. The number of tetrazole rings is 1. The molecule has 2 aromatic heterocycles. The summed E-state index contributed by atoms with van der Waals surface area (Å²) in [5, 5.41) is 13.4. The number of rotatable bonds is 15. The van der Waals surface area contributed by atoms with E-state index in [1.165, 1.54) is 30.0 Å². The number of halogens is 1. The first-order valence-corrected chi connectivity index (χ1v) is 26.0. The second kappa shape index (κ2) is 20.4. The highest BCUT2D eigenvalue weighted by atomic mass is 35.7. The standard InChI is InChI=1S/C48H50ClN7O11S3/c1-47(2,3)56(45(57)66-46(58)67-48(4,5)6)44-50-41-37(11-10-12-38(41)68-44)36-25-26-39(69(49,59)60)42(40(36)43-51-53-55(52-43)29-32-17-23-35(65-9)24-18-32)70(61,62)54(27-30-13-19-33(63-7)20-14-30)28-31-15-21-34(64-8)22-16-31/h10-26H,27-29H2,1-9H3. The van der Waals surface area contributed by atoms with Crippen LogP contribution in [0.4, 0.5) is 14.7 Å². The Kier molecular flexibility index (Phi) is 14.9. The zero-order chi connectivity index (χ0) is 50.8. The fourth-order valence-electron chi connectivity index (χ4n) is 7.26. The van der Waals surface area contributed by atoms with Crippen LogP contribution in [0.5, 0.6) is 17.2 Å². The molecule has 0 radical (unpaired) electrons. The number of methoxy groups -OCH3 is 3. The predicted octanol–water partition coefficient (Wildman–Crippen LogP) is 9.69. The van der Waals surface area contributed by atoms with Crippen molar-refractivity contribution < 1.29 is 50.1 Å². The van der Waals surface area contributed by atoms with Crippen LogP contribution in [-0.4, -0.2) is 91.1 Å². The molecule has 0 spiro atoms. The molecule has 70 heavy (non-hydrogen) atoms. The second-order valence-corrected chi connectivity index (χ2v) is 23.1. The van der Waals surface area contributed by atoms with Crippen molar-refractivity contribution in [2.75, 3.05) is 26.2 Å². The molecule has 0 saturated heterocycles. The Hall–Kier alpha value is -6.65. The quantitative estimate of drug-likeness (QED) is 0.0531. The average Bonchev–Trinajstić information content (AvgIpc) is 3.94. The summed E-state index contributed by atoms with van der Waals surface area (Å²) in [4.78, 5) is 32.4. The number of hydrogen-bond acceptors (Lipinski definition) is 16. The maximum atomic E-state index is 15.9. The van der Waals surface area contributed by atoms with E-state index in [-0.39, 0.29) is 47.2 Å². The van der Waals surface area contributed by atoms with Gasteiger partial charge in [-0.3, -0.25) is 0 Å². The Labute approximate surface area is 414 Å². The van der Waals surface area contributed by atoms with Crippen LogP contribution in [0.15, 0.2) is 113 Å².